The van der Waals surface area contributed by atoms with Gasteiger partial charge in [0.25, 0.3) is 5.56 Å². The number of benzene rings is 1. The molecule has 0 saturated carbocycles. The summed E-state index contributed by atoms with van der Waals surface area (Å²) in [6, 6.07) is 7.77. The minimum absolute atomic E-state index is 0.168. The largest absolute Gasteiger partial charge is 0.308 e. The molecule has 0 fully saturated rings. The second-order valence-electron chi connectivity index (χ2n) is 3.92. The molecule has 0 radical (unpaired) electrons. The normalized spacial score (nSPS) is 10.5. The van der Waals surface area contributed by atoms with Crippen LogP contribution in [0.2, 0.25) is 0 Å². The van der Waals surface area contributed by atoms with Crippen LogP contribution in [0.15, 0.2) is 29.1 Å². The lowest BCUT2D eigenvalue weighted by Gasteiger charge is -2.07. The van der Waals surface area contributed by atoms with Crippen molar-refractivity contribution in [2.45, 2.75) is 20.3 Å². The lowest BCUT2D eigenvalue weighted by atomic mass is 10.1. The first kappa shape index (κ1) is 11.4. The van der Waals surface area contributed by atoms with Crippen molar-refractivity contribution < 1.29 is 0 Å². The van der Waals surface area contributed by atoms with Crippen molar-refractivity contribution in [3.8, 4) is 5.69 Å². The van der Waals surface area contributed by atoms with Gasteiger partial charge in [0.1, 0.15) is 0 Å². The molecular weight excluding hydrogens is 214 g/mol. The topological polar surface area (TPSA) is 61.6 Å². The van der Waals surface area contributed by atoms with Crippen molar-refractivity contribution in [2.24, 2.45) is 0 Å². The molecule has 1 aromatic heterocycles. The number of aryl methyl sites for hydroxylation is 2. The van der Waals surface area contributed by atoms with Crippen LogP contribution in [0.1, 0.15) is 23.7 Å². The number of hydrogen-bond donors (Lipinski definition) is 2. The molecule has 2 N–H and O–H groups in total. The van der Waals surface area contributed by atoms with Gasteiger partial charge in [0.15, 0.2) is 0 Å². The maximum Gasteiger partial charge on any atom is 0.280 e. The molecule has 17 heavy (non-hydrogen) atoms. The van der Waals surface area contributed by atoms with Crippen molar-refractivity contribution in [1.29, 1.82) is 5.41 Å². The molecule has 1 heterocycles. The molecule has 2 aromatic rings. The monoisotopic (exact) mass is 229 g/mol. The van der Waals surface area contributed by atoms with Crippen LogP contribution in [0.5, 0.6) is 0 Å². The van der Waals surface area contributed by atoms with Gasteiger partial charge in [0, 0.05) is 11.9 Å². The molecule has 0 amide bonds. The fraction of sp³-hybridized carbons (Fsp3) is 0.231. The molecule has 0 saturated heterocycles. The van der Waals surface area contributed by atoms with Gasteiger partial charge in [-0.15, -0.1) is 0 Å². The third-order valence-electron chi connectivity index (χ3n) is 2.87. The third kappa shape index (κ3) is 1.82. The van der Waals surface area contributed by atoms with E-state index in [0.29, 0.717) is 5.56 Å². The lowest BCUT2D eigenvalue weighted by Crippen LogP contribution is -2.18. The fourth-order valence-electron chi connectivity index (χ4n) is 1.93. The van der Waals surface area contributed by atoms with Gasteiger partial charge in [0.05, 0.1) is 11.3 Å². The molecule has 0 aliphatic rings. The summed E-state index contributed by atoms with van der Waals surface area (Å²) in [5.41, 5.74) is 2.92. The Hall–Kier alpha value is -2.10. The van der Waals surface area contributed by atoms with Gasteiger partial charge < -0.3 is 5.41 Å². The zero-order valence-corrected chi connectivity index (χ0v) is 9.95. The summed E-state index contributed by atoms with van der Waals surface area (Å²) in [6.07, 6.45) is 1.96. The summed E-state index contributed by atoms with van der Waals surface area (Å²) >= 11 is 0. The van der Waals surface area contributed by atoms with Gasteiger partial charge in [0.2, 0.25) is 0 Å². The number of nitrogens with zero attached hydrogens (tertiary/aromatic N) is 1. The Bertz CT molecular complexity index is 607. The van der Waals surface area contributed by atoms with Gasteiger partial charge in [-0.2, -0.15) is 0 Å². The van der Waals surface area contributed by atoms with Gasteiger partial charge >= 0.3 is 0 Å². The van der Waals surface area contributed by atoms with Crippen LogP contribution in [-0.2, 0) is 6.42 Å². The highest BCUT2D eigenvalue weighted by molar-refractivity contribution is 5.78. The van der Waals surface area contributed by atoms with Crippen molar-refractivity contribution >= 4 is 6.21 Å². The minimum atomic E-state index is -0.168. The zero-order chi connectivity index (χ0) is 12.4. The van der Waals surface area contributed by atoms with Gasteiger partial charge in [-0.05, 0) is 25.0 Å². The molecule has 1 aromatic carbocycles. The van der Waals surface area contributed by atoms with Gasteiger partial charge in [-0.25, -0.2) is 4.68 Å². The Kier molecular flexibility index (Phi) is 2.95. The molecular formula is C13H15N3O. The average Bonchev–Trinajstić information content (AvgIpc) is 2.64. The van der Waals surface area contributed by atoms with E-state index in [-0.39, 0.29) is 5.56 Å². The summed E-state index contributed by atoms with van der Waals surface area (Å²) in [5, 5.41) is 10.2. The molecule has 88 valence electrons. The Morgan fingerprint density at radius 3 is 2.71 bits per heavy atom. The Morgan fingerprint density at radius 2 is 2.12 bits per heavy atom. The highest BCUT2D eigenvalue weighted by atomic mass is 16.1. The van der Waals surface area contributed by atoms with E-state index < -0.39 is 0 Å². The molecule has 0 aliphatic heterocycles. The van der Waals surface area contributed by atoms with E-state index in [0.717, 1.165) is 29.6 Å². The molecule has 0 aliphatic carbocycles. The van der Waals surface area contributed by atoms with E-state index in [2.05, 4.69) is 12.0 Å². The van der Waals surface area contributed by atoms with Crippen LogP contribution in [0.25, 0.3) is 5.69 Å². The first-order chi connectivity index (χ1) is 8.19. The van der Waals surface area contributed by atoms with Crippen LogP contribution < -0.4 is 5.56 Å². The van der Waals surface area contributed by atoms with Crippen molar-refractivity contribution in [3.05, 3.63) is 51.4 Å². The standard InChI is InChI=1S/C13H15N3O/c1-3-10-6-4-5-7-12(10)16-13(17)11(8-14)9(2)15-16/h4-8,14-15H,3H2,1-2H3. The fourth-order valence-corrected chi connectivity index (χ4v) is 1.93. The smallest absolute Gasteiger partial charge is 0.280 e. The summed E-state index contributed by atoms with van der Waals surface area (Å²) < 4.78 is 1.51. The van der Waals surface area contributed by atoms with Crippen molar-refractivity contribution in [2.75, 3.05) is 0 Å². The second kappa shape index (κ2) is 4.41. The summed E-state index contributed by atoms with van der Waals surface area (Å²) in [4.78, 5) is 12.1. The Balaban J connectivity index is 2.69. The highest BCUT2D eigenvalue weighted by Gasteiger charge is 2.11. The summed E-state index contributed by atoms with van der Waals surface area (Å²) in [5.74, 6) is 0. The molecule has 0 bridgehead atoms. The lowest BCUT2D eigenvalue weighted by molar-refractivity contribution is 0.822. The molecule has 4 nitrogen and oxygen atoms in total. The summed E-state index contributed by atoms with van der Waals surface area (Å²) in [7, 11) is 0. The third-order valence-corrected chi connectivity index (χ3v) is 2.87. The Morgan fingerprint density at radius 1 is 1.41 bits per heavy atom. The maximum atomic E-state index is 12.1. The van der Waals surface area contributed by atoms with E-state index in [1.165, 1.54) is 4.68 Å². The quantitative estimate of drug-likeness (QED) is 0.777. The van der Waals surface area contributed by atoms with Crippen LogP contribution in [-0.4, -0.2) is 16.0 Å². The van der Waals surface area contributed by atoms with E-state index in [9.17, 15) is 4.79 Å². The molecule has 0 unspecified atom stereocenters. The van der Waals surface area contributed by atoms with E-state index in [1.807, 2.05) is 24.3 Å². The highest BCUT2D eigenvalue weighted by Crippen LogP contribution is 2.13. The minimum Gasteiger partial charge on any atom is -0.308 e. The van der Waals surface area contributed by atoms with Crippen molar-refractivity contribution in [1.82, 2.24) is 9.78 Å². The number of para-hydroxylation sites is 1. The Labute approximate surface area is 99.4 Å². The second-order valence-corrected chi connectivity index (χ2v) is 3.92. The van der Waals surface area contributed by atoms with Crippen LogP contribution in [0.3, 0.4) is 0 Å². The molecule has 0 spiro atoms. The zero-order valence-electron chi connectivity index (χ0n) is 9.95. The van der Waals surface area contributed by atoms with E-state index >= 15 is 0 Å². The average molecular weight is 229 g/mol. The number of aromatic nitrogens is 2. The number of H-pyrrole nitrogens is 1. The summed E-state index contributed by atoms with van der Waals surface area (Å²) in [6.45, 7) is 3.85. The molecule has 0 atom stereocenters. The SMILES string of the molecule is CCc1ccccc1-n1[nH]c(C)c(C=N)c1=O. The van der Waals surface area contributed by atoms with Crippen LogP contribution in [0.4, 0.5) is 0 Å². The predicted molar refractivity (Wildman–Crippen MR) is 68.4 cm³/mol. The molecule has 2 rings (SSSR count). The van der Waals surface area contributed by atoms with Gasteiger partial charge in [-0.3, -0.25) is 9.89 Å². The number of hydrogen-bond acceptors (Lipinski definition) is 2. The maximum absolute atomic E-state index is 12.1. The first-order valence-corrected chi connectivity index (χ1v) is 5.59. The molecule has 4 heteroatoms. The number of nitrogens with one attached hydrogen (secondary N) is 2. The van der Waals surface area contributed by atoms with Crippen LogP contribution >= 0.6 is 0 Å². The first-order valence-electron chi connectivity index (χ1n) is 5.59. The van der Waals surface area contributed by atoms with Crippen molar-refractivity contribution in [3.63, 3.8) is 0 Å². The van der Waals surface area contributed by atoms with E-state index in [1.54, 1.807) is 6.92 Å². The van der Waals surface area contributed by atoms with Gasteiger partial charge in [-0.1, -0.05) is 25.1 Å². The van der Waals surface area contributed by atoms with E-state index in [4.69, 9.17) is 5.41 Å². The number of rotatable bonds is 3. The number of aromatic amines is 1. The predicted octanol–water partition coefficient (Wildman–Crippen LogP) is 2.03. The van der Waals surface area contributed by atoms with Crippen LogP contribution in [0, 0.1) is 12.3 Å².